The topological polar surface area (TPSA) is 50.4 Å². The zero-order valence-corrected chi connectivity index (χ0v) is 10.6. The van der Waals surface area contributed by atoms with Crippen molar-refractivity contribution in [3.8, 4) is 0 Å². The van der Waals surface area contributed by atoms with Crippen LogP contribution >= 0.6 is 0 Å². The maximum absolute atomic E-state index is 12.5. The molecular weight excluding hydrogens is 261 g/mol. The SMILES string of the molecule is O=C(NC1CCOCC1)C1CCC(C(F)(F)F)CN1. The van der Waals surface area contributed by atoms with Gasteiger partial charge in [-0.05, 0) is 25.7 Å². The van der Waals surface area contributed by atoms with E-state index < -0.39 is 18.1 Å². The number of halogens is 3. The van der Waals surface area contributed by atoms with Gasteiger partial charge in [0, 0.05) is 25.8 Å². The summed E-state index contributed by atoms with van der Waals surface area (Å²) in [5.74, 6) is -1.52. The first kappa shape index (κ1) is 14.6. The number of hydrogen-bond donors (Lipinski definition) is 2. The van der Waals surface area contributed by atoms with Crippen LogP contribution in [-0.4, -0.2) is 43.9 Å². The molecule has 2 aliphatic rings. The van der Waals surface area contributed by atoms with E-state index in [1.807, 2.05) is 0 Å². The lowest BCUT2D eigenvalue weighted by molar-refractivity contribution is -0.180. The Balaban J connectivity index is 1.76. The van der Waals surface area contributed by atoms with Gasteiger partial charge in [-0.2, -0.15) is 13.2 Å². The van der Waals surface area contributed by atoms with Gasteiger partial charge in [-0.15, -0.1) is 0 Å². The van der Waals surface area contributed by atoms with Gasteiger partial charge >= 0.3 is 6.18 Å². The minimum absolute atomic E-state index is 0.0162. The van der Waals surface area contributed by atoms with Crippen molar-refractivity contribution in [3.05, 3.63) is 0 Å². The van der Waals surface area contributed by atoms with Crippen LogP contribution in [-0.2, 0) is 9.53 Å². The normalized spacial score (nSPS) is 30.1. The molecular formula is C12H19F3N2O2. The number of carbonyl (C=O) groups excluding carboxylic acids is 1. The van der Waals surface area contributed by atoms with Crippen molar-refractivity contribution >= 4 is 5.91 Å². The van der Waals surface area contributed by atoms with Gasteiger partial charge in [-0.1, -0.05) is 0 Å². The van der Waals surface area contributed by atoms with Crippen LogP contribution in [0.5, 0.6) is 0 Å². The summed E-state index contributed by atoms with van der Waals surface area (Å²) in [5.41, 5.74) is 0. The summed E-state index contributed by atoms with van der Waals surface area (Å²) < 4.78 is 42.6. The van der Waals surface area contributed by atoms with E-state index in [0.29, 0.717) is 13.2 Å². The second-order valence-corrected chi connectivity index (χ2v) is 5.17. The van der Waals surface area contributed by atoms with E-state index in [1.165, 1.54) is 0 Å². The van der Waals surface area contributed by atoms with Crippen LogP contribution in [0.25, 0.3) is 0 Å². The Labute approximate surface area is 110 Å². The van der Waals surface area contributed by atoms with Crippen LogP contribution in [0.3, 0.4) is 0 Å². The molecule has 2 N–H and O–H groups in total. The zero-order chi connectivity index (χ0) is 13.9. The minimum atomic E-state index is -4.17. The predicted octanol–water partition coefficient (Wildman–Crippen LogP) is 1.21. The molecule has 4 nitrogen and oxygen atoms in total. The molecule has 0 aromatic rings. The highest BCUT2D eigenvalue weighted by Gasteiger charge is 2.42. The summed E-state index contributed by atoms with van der Waals surface area (Å²) in [5, 5.41) is 5.58. The van der Waals surface area contributed by atoms with E-state index in [1.54, 1.807) is 0 Å². The standard InChI is InChI=1S/C12H19F3N2O2/c13-12(14,15)8-1-2-10(16-7-8)11(18)17-9-3-5-19-6-4-9/h8-10,16H,1-7H2,(H,17,18). The van der Waals surface area contributed by atoms with Gasteiger partial charge in [0.1, 0.15) is 0 Å². The van der Waals surface area contributed by atoms with Gasteiger partial charge in [0.15, 0.2) is 0 Å². The molecule has 0 bridgehead atoms. The molecule has 7 heteroatoms. The maximum Gasteiger partial charge on any atom is 0.393 e. The van der Waals surface area contributed by atoms with Crippen LogP contribution in [0.2, 0.25) is 0 Å². The molecule has 2 saturated heterocycles. The van der Waals surface area contributed by atoms with E-state index in [0.717, 1.165) is 12.8 Å². The fourth-order valence-corrected chi connectivity index (χ4v) is 2.50. The number of piperidine rings is 1. The number of ether oxygens (including phenoxy) is 1. The van der Waals surface area contributed by atoms with Crippen molar-refractivity contribution in [1.29, 1.82) is 0 Å². The molecule has 0 aromatic carbocycles. The second kappa shape index (κ2) is 6.09. The Bertz CT molecular complexity index is 309. The van der Waals surface area contributed by atoms with Crippen molar-refractivity contribution in [2.75, 3.05) is 19.8 Å². The molecule has 2 unspecified atom stereocenters. The Morgan fingerprint density at radius 3 is 2.37 bits per heavy atom. The minimum Gasteiger partial charge on any atom is -0.381 e. The molecule has 2 aliphatic heterocycles. The summed E-state index contributed by atoms with van der Waals surface area (Å²) in [4.78, 5) is 11.9. The van der Waals surface area contributed by atoms with Gasteiger partial charge in [0.05, 0.1) is 12.0 Å². The number of amides is 1. The average Bonchev–Trinajstić information content (AvgIpc) is 2.39. The molecule has 2 rings (SSSR count). The first-order valence-electron chi connectivity index (χ1n) is 6.65. The van der Waals surface area contributed by atoms with Crippen molar-refractivity contribution < 1.29 is 22.7 Å². The van der Waals surface area contributed by atoms with Crippen molar-refractivity contribution in [2.45, 2.75) is 43.9 Å². The average molecular weight is 280 g/mol. The van der Waals surface area contributed by atoms with Crippen LogP contribution in [0.1, 0.15) is 25.7 Å². The van der Waals surface area contributed by atoms with Crippen molar-refractivity contribution in [3.63, 3.8) is 0 Å². The van der Waals surface area contributed by atoms with E-state index >= 15 is 0 Å². The van der Waals surface area contributed by atoms with Crippen molar-refractivity contribution in [1.82, 2.24) is 10.6 Å². The highest BCUT2D eigenvalue weighted by atomic mass is 19.4. The fourth-order valence-electron chi connectivity index (χ4n) is 2.50. The van der Waals surface area contributed by atoms with Gasteiger partial charge < -0.3 is 15.4 Å². The third kappa shape index (κ3) is 4.07. The lowest BCUT2D eigenvalue weighted by Gasteiger charge is -2.32. The Morgan fingerprint density at radius 1 is 1.16 bits per heavy atom. The molecule has 2 atom stereocenters. The van der Waals surface area contributed by atoms with E-state index in [9.17, 15) is 18.0 Å². The summed E-state index contributed by atoms with van der Waals surface area (Å²) in [7, 11) is 0. The number of hydrogen-bond acceptors (Lipinski definition) is 3. The molecule has 19 heavy (non-hydrogen) atoms. The third-order valence-corrected chi connectivity index (χ3v) is 3.76. The molecule has 110 valence electrons. The van der Waals surface area contributed by atoms with Gasteiger partial charge in [0.25, 0.3) is 0 Å². The number of alkyl halides is 3. The summed E-state index contributed by atoms with van der Waals surface area (Å²) in [6, 6.07) is -0.412. The van der Waals surface area contributed by atoms with Gasteiger partial charge in [0.2, 0.25) is 5.91 Å². The highest BCUT2D eigenvalue weighted by Crippen LogP contribution is 2.31. The fraction of sp³-hybridized carbons (Fsp3) is 0.917. The van der Waals surface area contributed by atoms with Crippen LogP contribution in [0.15, 0.2) is 0 Å². The summed E-state index contributed by atoms with van der Waals surface area (Å²) in [6.07, 6.45) is -2.38. The molecule has 0 aromatic heterocycles. The second-order valence-electron chi connectivity index (χ2n) is 5.17. The molecule has 1 amide bonds. The quantitative estimate of drug-likeness (QED) is 0.799. The number of rotatable bonds is 2. The highest BCUT2D eigenvalue weighted by molar-refractivity contribution is 5.82. The first-order chi connectivity index (χ1) is 8.97. The van der Waals surface area contributed by atoms with Gasteiger partial charge in [-0.3, -0.25) is 4.79 Å². The van der Waals surface area contributed by atoms with E-state index in [4.69, 9.17) is 4.74 Å². The van der Waals surface area contributed by atoms with Crippen LogP contribution in [0, 0.1) is 5.92 Å². The van der Waals surface area contributed by atoms with Crippen molar-refractivity contribution in [2.24, 2.45) is 5.92 Å². The summed E-state index contributed by atoms with van der Waals surface area (Å²) in [6.45, 7) is 1.08. The molecule has 0 radical (unpaired) electrons. The summed E-state index contributed by atoms with van der Waals surface area (Å²) >= 11 is 0. The molecule has 0 saturated carbocycles. The predicted molar refractivity (Wildman–Crippen MR) is 62.6 cm³/mol. The zero-order valence-electron chi connectivity index (χ0n) is 10.6. The van der Waals surface area contributed by atoms with Crippen LogP contribution in [0.4, 0.5) is 13.2 Å². The van der Waals surface area contributed by atoms with Crippen LogP contribution < -0.4 is 10.6 Å². The van der Waals surface area contributed by atoms with E-state index in [2.05, 4.69) is 10.6 Å². The third-order valence-electron chi connectivity index (χ3n) is 3.76. The Kier molecular flexibility index (Phi) is 4.67. The Morgan fingerprint density at radius 2 is 1.84 bits per heavy atom. The largest absolute Gasteiger partial charge is 0.393 e. The molecule has 0 aliphatic carbocycles. The number of nitrogens with one attached hydrogen (secondary N) is 2. The lowest BCUT2D eigenvalue weighted by Crippen LogP contribution is -2.53. The Hall–Kier alpha value is -0.820. The lowest BCUT2D eigenvalue weighted by atomic mass is 9.93. The van der Waals surface area contributed by atoms with E-state index in [-0.39, 0.29) is 31.3 Å². The monoisotopic (exact) mass is 280 g/mol. The molecule has 0 spiro atoms. The van der Waals surface area contributed by atoms with Gasteiger partial charge in [-0.25, -0.2) is 0 Å². The first-order valence-corrected chi connectivity index (χ1v) is 6.65. The molecule has 2 heterocycles. The maximum atomic E-state index is 12.5. The molecule has 2 fully saturated rings. The smallest absolute Gasteiger partial charge is 0.381 e. The number of carbonyl (C=O) groups is 1.